The van der Waals surface area contributed by atoms with Gasteiger partial charge in [-0.3, -0.25) is 14.6 Å². The maximum atomic E-state index is 4.59. The number of piperidine rings is 1. The first kappa shape index (κ1) is 13.2. The van der Waals surface area contributed by atoms with Crippen molar-refractivity contribution >= 4 is 0 Å². The van der Waals surface area contributed by atoms with Crippen molar-refractivity contribution < 1.29 is 0 Å². The van der Waals surface area contributed by atoms with Gasteiger partial charge in [0.15, 0.2) is 0 Å². The topological polar surface area (TPSA) is 55.6 Å². The number of nitrogens with zero attached hydrogens (tertiary/aromatic N) is 4. The van der Waals surface area contributed by atoms with Gasteiger partial charge in [0.2, 0.25) is 0 Å². The van der Waals surface area contributed by atoms with Gasteiger partial charge in [-0.15, -0.1) is 0 Å². The standard InChI is InChI=1S/C15H21N5/c1-2-8-20-11-13(10-19-20)15-14(17-6-7-18-15)12-4-3-5-16-9-12/h6-7,10-12,16H,2-5,8-9H2,1H3. The van der Waals surface area contributed by atoms with Crippen molar-refractivity contribution in [3.63, 3.8) is 0 Å². The van der Waals surface area contributed by atoms with Crippen LogP contribution in [0.1, 0.15) is 37.8 Å². The molecule has 1 saturated heterocycles. The molecule has 0 saturated carbocycles. The Morgan fingerprint density at radius 2 is 2.25 bits per heavy atom. The van der Waals surface area contributed by atoms with Gasteiger partial charge in [0.1, 0.15) is 0 Å². The minimum atomic E-state index is 0.460. The van der Waals surface area contributed by atoms with Crippen LogP contribution in [-0.4, -0.2) is 32.8 Å². The average molecular weight is 271 g/mol. The maximum absolute atomic E-state index is 4.59. The zero-order valence-corrected chi connectivity index (χ0v) is 11.9. The third-order valence-electron chi connectivity index (χ3n) is 3.77. The second-order valence-electron chi connectivity index (χ2n) is 5.33. The summed E-state index contributed by atoms with van der Waals surface area (Å²) in [5, 5.41) is 7.85. The molecule has 5 heteroatoms. The predicted molar refractivity (Wildman–Crippen MR) is 78.4 cm³/mol. The van der Waals surface area contributed by atoms with Crippen LogP contribution in [0.15, 0.2) is 24.8 Å². The van der Waals surface area contributed by atoms with Crippen molar-refractivity contribution in [1.82, 2.24) is 25.1 Å². The molecule has 1 unspecified atom stereocenters. The van der Waals surface area contributed by atoms with Crippen LogP contribution >= 0.6 is 0 Å². The zero-order valence-electron chi connectivity index (χ0n) is 11.9. The molecular weight excluding hydrogens is 250 g/mol. The van der Waals surface area contributed by atoms with Crippen LogP contribution < -0.4 is 5.32 Å². The molecule has 5 nitrogen and oxygen atoms in total. The van der Waals surface area contributed by atoms with Gasteiger partial charge in [0.05, 0.1) is 17.6 Å². The molecule has 1 N–H and O–H groups in total. The Balaban J connectivity index is 1.91. The first-order chi connectivity index (χ1) is 9.88. The molecule has 2 aromatic rings. The molecule has 0 aromatic carbocycles. The van der Waals surface area contributed by atoms with Crippen LogP contribution in [0.25, 0.3) is 11.3 Å². The number of aromatic nitrogens is 4. The van der Waals surface area contributed by atoms with Crippen LogP contribution in [0.2, 0.25) is 0 Å². The highest BCUT2D eigenvalue weighted by atomic mass is 15.3. The smallest absolute Gasteiger partial charge is 0.0952 e. The van der Waals surface area contributed by atoms with E-state index in [2.05, 4.69) is 33.5 Å². The molecule has 1 atom stereocenters. The van der Waals surface area contributed by atoms with E-state index >= 15 is 0 Å². The monoisotopic (exact) mass is 271 g/mol. The van der Waals surface area contributed by atoms with E-state index in [1.54, 1.807) is 12.4 Å². The quantitative estimate of drug-likeness (QED) is 0.926. The van der Waals surface area contributed by atoms with Crippen LogP contribution in [-0.2, 0) is 6.54 Å². The lowest BCUT2D eigenvalue weighted by Crippen LogP contribution is -2.29. The Morgan fingerprint density at radius 1 is 1.35 bits per heavy atom. The minimum Gasteiger partial charge on any atom is -0.316 e. The van der Waals surface area contributed by atoms with Gasteiger partial charge >= 0.3 is 0 Å². The second kappa shape index (κ2) is 6.13. The molecular formula is C15H21N5. The van der Waals surface area contributed by atoms with Crippen LogP contribution in [0.3, 0.4) is 0 Å². The predicted octanol–water partition coefficient (Wildman–Crippen LogP) is 2.22. The fourth-order valence-corrected chi connectivity index (χ4v) is 2.79. The van der Waals surface area contributed by atoms with E-state index in [0.717, 1.165) is 43.0 Å². The third kappa shape index (κ3) is 2.72. The summed E-state index contributed by atoms with van der Waals surface area (Å²) in [7, 11) is 0. The lowest BCUT2D eigenvalue weighted by molar-refractivity contribution is 0.454. The van der Waals surface area contributed by atoms with Crippen molar-refractivity contribution in [2.24, 2.45) is 0 Å². The number of hydrogen-bond donors (Lipinski definition) is 1. The molecule has 3 heterocycles. The van der Waals surface area contributed by atoms with Crippen molar-refractivity contribution in [3.8, 4) is 11.3 Å². The average Bonchev–Trinajstić information content (AvgIpc) is 2.97. The van der Waals surface area contributed by atoms with E-state index in [1.807, 2.05) is 10.9 Å². The van der Waals surface area contributed by atoms with Gasteiger partial charge < -0.3 is 5.32 Å². The molecule has 106 valence electrons. The highest BCUT2D eigenvalue weighted by molar-refractivity contribution is 5.60. The Kier molecular flexibility index (Phi) is 4.06. The Labute approximate surface area is 119 Å². The van der Waals surface area contributed by atoms with Crippen molar-refractivity contribution in [2.75, 3.05) is 13.1 Å². The number of nitrogens with one attached hydrogen (secondary N) is 1. The van der Waals surface area contributed by atoms with E-state index in [4.69, 9.17) is 0 Å². The minimum absolute atomic E-state index is 0.460. The van der Waals surface area contributed by atoms with Gasteiger partial charge in [-0.25, -0.2) is 0 Å². The summed E-state index contributed by atoms with van der Waals surface area (Å²) in [6, 6.07) is 0. The fourth-order valence-electron chi connectivity index (χ4n) is 2.79. The Morgan fingerprint density at radius 3 is 3.05 bits per heavy atom. The second-order valence-corrected chi connectivity index (χ2v) is 5.33. The molecule has 0 amide bonds. The molecule has 20 heavy (non-hydrogen) atoms. The number of rotatable bonds is 4. The highest BCUT2D eigenvalue weighted by Crippen LogP contribution is 2.29. The van der Waals surface area contributed by atoms with E-state index in [-0.39, 0.29) is 0 Å². The lowest BCUT2D eigenvalue weighted by atomic mass is 9.93. The maximum Gasteiger partial charge on any atom is 0.0952 e. The van der Waals surface area contributed by atoms with Crippen LogP contribution in [0.4, 0.5) is 0 Å². The number of aryl methyl sites for hydroxylation is 1. The molecule has 1 aliphatic heterocycles. The highest BCUT2D eigenvalue weighted by Gasteiger charge is 2.21. The molecule has 0 spiro atoms. The normalized spacial score (nSPS) is 19.1. The zero-order chi connectivity index (χ0) is 13.8. The van der Waals surface area contributed by atoms with Gasteiger partial charge in [-0.05, 0) is 25.8 Å². The fraction of sp³-hybridized carbons (Fsp3) is 0.533. The SMILES string of the molecule is CCCn1cc(-c2nccnc2C2CCCNC2)cn1. The van der Waals surface area contributed by atoms with Crippen LogP contribution in [0, 0.1) is 0 Å². The summed E-state index contributed by atoms with van der Waals surface area (Å²) >= 11 is 0. The lowest BCUT2D eigenvalue weighted by Gasteiger charge is -2.23. The van der Waals surface area contributed by atoms with E-state index in [1.165, 1.54) is 12.8 Å². The van der Waals surface area contributed by atoms with Crippen molar-refractivity contribution in [2.45, 2.75) is 38.6 Å². The Hall–Kier alpha value is -1.75. The molecule has 1 aliphatic rings. The van der Waals surface area contributed by atoms with Gasteiger partial charge in [-0.1, -0.05) is 6.92 Å². The van der Waals surface area contributed by atoms with Gasteiger partial charge in [-0.2, -0.15) is 5.10 Å². The van der Waals surface area contributed by atoms with E-state index in [9.17, 15) is 0 Å². The Bertz CT molecular complexity index is 557. The van der Waals surface area contributed by atoms with Crippen molar-refractivity contribution in [3.05, 3.63) is 30.5 Å². The van der Waals surface area contributed by atoms with Gasteiger partial charge in [0.25, 0.3) is 0 Å². The largest absolute Gasteiger partial charge is 0.316 e. The molecule has 1 fully saturated rings. The van der Waals surface area contributed by atoms with E-state index < -0.39 is 0 Å². The summed E-state index contributed by atoms with van der Waals surface area (Å²) < 4.78 is 1.98. The first-order valence-corrected chi connectivity index (χ1v) is 7.43. The van der Waals surface area contributed by atoms with E-state index in [0.29, 0.717) is 5.92 Å². The van der Waals surface area contributed by atoms with Crippen LogP contribution in [0.5, 0.6) is 0 Å². The summed E-state index contributed by atoms with van der Waals surface area (Å²) in [6.07, 6.45) is 11.0. The summed E-state index contributed by atoms with van der Waals surface area (Å²) in [4.78, 5) is 9.15. The van der Waals surface area contributed by atoms with Crippen molar-refractivity contribution in [1.29, 1.82) is 0 Å². The summed E-state index contributed by atoms with van der Waals surface area (Å²) in [5.74, 6) is 0.460. The molecule has 0 bridgehead atoms. The van der Waals surface area contributed by atoms with Gasteiger partial charge in [0, 0.05) is 43.2 Å². The third-order valence-corrected chi connectivity index (χ3v) is 3.77. The first-order valence-electron chi connectivity index (χ1n) is 7.43. The summed E-state index contributed by atoms with van der Waals surface area (Å²) in [5.41, 5.74) is 3.17. The molecule has 2 aromatic heterocycles. The molecule has 0 aliphatic carbocycles. The summed E-state index contributed by atoms with van der Waals surface area (Å²) in [6.45, 7) is 5.21. The molecule has 3 rings (SSSR count). The molecule has 0 radical (unpaired) electrons. The number of hydrogen-bond acceptors (Lipinski definition) is 4.